The standard InChI is InChI=1S/C16H23FN2O/c1-18(2)14-7-5-9-19(11-14)12-15(20)10-13-6-3-4-8-16(13)17/h3-4,6,8,14H,5,7,9-12H2,1-2H3. The molecule has 1 aromatic carbocycles. The molecular weight excluding hydrogens is 255 g/mol. The van der Waals surface area contributed by atoms with Crippen LogP contribution in [0, 0.1) is 5.82 Å². The number of hydrogen-bond acceptors (Lipinski definition) is 3. The molecule has 1 aliphatic rings. The fourth-order valence-corrected chi connectivity index (χ4v) is 2.76. The van der Waals surface area contributed by atoms with E-state index in [9.17, 15) is 9.18 Å². The van der Waals surface area contributed by atoms with Gasteiger partial charge < -0.3 is 4.90 Å². The van der Waals surface area contributed by atoms with Crippen LogP contribution in [-0.2, 0) is 11.2 Å². The summed E-state index contributed by atoms with van der Waals surface area (Å²) in [6.07, 6.45) is 2.50. The molecule has 1 aliphatic heterocycles. The van der Waals surface area contributed by atoms with Gasteiger partial charge in [0.05, 0.1) is 6.54 Å². The minimum atomic E-state index is -0.286. The van der Waals surface area contributed by atoms with Crippen LogP contribution < -0.4 is 0 Å². The summed E-state index contributed by atoms with van der Waals surface area (Å²) in [6, 6.07) is 7.03. The molecule has 1 unspecified atom stereocenters. The maximum Gasteiger partial charge on any atom is 0.151 e. The highest BCUT2D eigenvalue weighted by Crippen LogP contribution is 2.14. The Morgan fingerprint density at radius 3 is 2.85 bits per heavy atom. The van der Waals surface area contributed by atoms with E-state index >= 15 is 0 Å². The lowest BCUT2D eigenvalue weighted by Crippen LogP contribution is -2.46. The molecule has 110 valence electrons. The fraction of sp³-hybridized carbons (Fsp3) is 0.562. The van der Waals surface area contributed by atoms with Crippen LogP contribution in [0.3, 0.4) is 0 Å². The van der Waals surface area contributed by atoms with Crippen LogP contribution in [0.25, 0.3) is 0 Å². The Hall–Kier alpha value is -1.26. The highest BCUT2D eigenvalue weighted by Gasteiger charge is 2.22. The molecule has 1 saturated heterocycles. The molecule has 0 aromatic heterocycles. The molecule has 1 fully saturated rings. The molecule has 1 heterocycles. The van der Waals surface area contributed by atoms with E-state index in [1.807, 2.05) is 0 Å². The maximum atomic E-state index is 13.5. The molecule has 0 aliphatic carbocycles. The van der Waals surface area contributed by atoms with Gasteiger partial charge in [0, 0.05) is 19.0 Å². The normalized spacial score (nSPS) is 20.3. The summed E-state index contributed by atoms with van der Waals surface area (Å²) < 4.78 is 13.5. The fourth-order valence-electron chi connectivity index (χ4n) is 2.76. The summed E-state index contributed by atoms with van der Waals surface area (Å²) in [7, 11) is 4.16. The Morgan fingerprint density at radius 2 is 2.15 bits per heavy atom. The van der Waals surface area contributed by atoms with Gasteiger partial charge in [-0.25, -0.2) is 4.39 Å². The number of nitrogens with zero attached hydrogens (tertiary/aromatic N) is 2. The first-order valence-corrected chi connectivity index (χ1v) is 7.20. The highest BCUT2D eigenvalue weighted by atomic mass is 19.1. The minimum Gasteiger partial charge on any atom is -0.305 e. The van der Waals surface area contributed by atoms with E-state index in [1.165, 1.54) is 12.5 Å². The lowest BCUT2D eigenvalue weighted by molar-refractivity contribution is -0.120. The molecule has 0 bridgehead atoms. The molecule has 4 heteroatoms. The highest BCUT2D eigenvalue weighted by molar-refractivity contribution is 5.82. The largest absolute Gasteiger partial charge is 0.305 e. The zero-order valence-corrected chi connectivity index (χ0v) is 12.3. The molecule has 0 amide bonds. The molecule has 20 heavy (non-hydrogen) atoms. The van der Waals surface area contributed by atoms with Gasteiger partial charge in [-0.05, 0) is 45.1 Å². The van der Waals surface area contributed by atoms with Crippen molar-refractivity contribution in [1.82, 2.24) is 9.80 Å². The molecular formula is C16H23FN2O. The van der Waals surface area contributed by atoms with Gasteiger partial charge in [0.2, 0.25) is 0 Å². The van der Waals surface area contributed by atoms with E-state index in [4.69, 9.17) is 0 Å². The first-order valence-electron chi connectivity index (χ1n) is 7.20. The van der Waals surface area contributed by atoms with Gasteiger partial charge in [-0.2, -0.15) is 0 Å². The summed E-state index contributed by atoms with van der Waals surface area (Å²) in [5.74, 6) is -0.194. The quantitative estimate of drug-likeness (QED) is 0.822. The third-order valence-corrected chi connectivity index (χ3v) is 3.96. The number of piperidine rings is 1. The second kappa shape index (κ2) is 6.95. The van der Waals surface area contributed by atoms with Gasteiger partial charge in [0.1, 0.15) is 5.82 Å². The van der Waals surface area contributed by atoms with Gasteiger partial charge in [-0.1, -0.05) is 18.2 Å². The number of carbonyl (C=O) groups excluding carboxylic acids is 1. The molecule has 0 spiro atoms. The van der Waals surface area contributed by atoms with Crippen LogP contribution in [0.1, 0.15) is 18.4 Å². The summed E-state index contributed by atoms with van der Waals surface area (Å²) >= 11 is 0. The van der Waals surface area contributed by atoms with Crippen molar-refractivity contribution in [3.8, 4) is 0 Å². The monoisotopic (exact) mass is 278 g/mol. The predicted molar refractivity (Wildman–Crippen MR) is 78.3 cm³/mol. The van der Waals surface area contributed by atoms with E-state index in [2.05, 4.69) is 23.9 Å². The average molecular weight is 278 g/mol. The summed E-state index contributed by atoms with van der Waals surface area (Å²) in [5.41, 5.74) is 0.499. The van der Waals surface area contributed by atoms with Crippen molar-refractivity contribution in [2.75, 3.05) is 33.7 Å². The van der Waals surface area contributed by atoms with Gasteiger partial charge in [0.15, 0.2) is 5.78 Å². The smallest absolute Gasteiger partial charge is 0.151 e. The lowest BCUT2D eigenvalue weighted by Gasteiger charge is -2.35. The number of likely N-dealkylation sites (tertiary alicyclic amines) is 1. The van der Waals surface area contributed by atoms with E-state index in [0.29, 0.717) is 18.2 Å². The van der Waals surface area contributed by atoms with E-state index in [1.54, 1.807) is 18.2 Å². The van der Waals surface area contributed by atoms with Gasteiger partial charge in [-0.15, -0.1) is 0 Å². The topological polar surface area (TPSA) is 23.6 Å². The molecule has 0 radical (unpaired) electrons. The van der Waals surface area contributed by atoms with Crippen LogP contribution in [0.4, 0.5) is 4.39 Å². The molecule has 1 atom stereocenters. The lowest BCUT2D eigenvalue weighted by atomic mass is 10.0. The van der Waals surface area contributed by atoms with Crippen LogP contribution in [0.2, 0.25) is 0 Å². The molecule has 0 N–H and O–H groups in total. The minimum absolute atomic E-state index is 0.0921. The summed E-state index contributed by atoms with van der Waals surface area (Å²) in [5, 5.41) is 0. The Kier molecular flexibility index (Phi) is 5.26. The third kappa shape index (κ3) is 4.12. The van der Waals surface area contributed by atoms with Crippen molar-refractivity contribution in [1.29, 1.82) is 0 Å². The van der Waals surface area contributed by atoms with E-state index in [-0.39, 0.29) is 18.0 Å². The van der Waals surface area contributed by atoms with Crippen LogP contribution in [0.15, 0.2) is 24.3 Å². The van der Waals surface area contributed by atoms with Crippen molar-refractivity contribution in [3.05, 3.63) is 35.6 Å². The zero-order valence-electron chi connectivity index (χ0n) is 12.3. The Bertz CT molecular complexity index is 462. The van der Waals surface area contributed by atoms with Crippen molar-refractivity contribution in [3.63, 3.8) is 0 Å². The number of ketones is 1. The van der Waals surface area contributed by atoms with Crippen molar-refractivity contribution >= 4 is 5.78 Å². The number of halogens is 1. The number of benzene rings is 1. The van der Waals surface area contributed by atoms with Crippen LogP contribution in [0.5, 0.6) is 0 Å². The van der Waals surface area contributed by atoms with Crippen molar-refractivity contribution in [2.45, 2.75) is 25.3 Å². The third-order valence-electron chi connectivity index (χ3n) is 3.96. The Balaban J connectivity index is 1.87. The molecule has 1 aromatic rings. The molecule has 2 rings (SSSR count). The van der Waals surface area contributed by atoms with Crippen LogP contribution >= 0.6 is 0 Å². The Labute approximate surface area is 120 Å². The van der Waals surface area contributed by atoms with Gasteiger partial charge >= 0.3 is 0 Å². The number of rotatable bonds is 5. The predicted octanol–water partition coefficient (Wildman–Crippen LogP) is 1.96. The number of hydrogen-bond donors (Lipinski definition) is 0. The van der Waals surface area contributed by atoms with Gasteiger partial charge in [0.25, 0.3) is 0 Å². The number of Topliss-reactive ketones (excluding diaryl/α,β-unsaturated/α-hetero) is 1. The Morgan fingerprint density at radius 1 is 1.40 bits per heavy atom. The second-order valence-corrected chi connectivity index (χ2v) is 5.80. The first-order chi connectivity index (χ1) is 9.56. The molecule has 0 saturated carbocycles. The van der Waals surface area contributed by atoms with Crippen LogP contribution in [-0.4, -0.2) is 55.4 Å². The SMILES string of the molecule is CN(C)C1CCCN(CC(=O)Cc2ccccc2F)C1. The van der Waals surface area contributed by atoms with Gasteiger partial charge in [-0.3, -0.25) is 9.69 Å². The zero-order chi connectivity index (χ0) is 14.5. The second-order valence-electron chi connectivity index (χ2n) is 5.80. The summed E-state index contributed by atoms with van der Waals surface area (Å²) in [4.78, 5) is 16.5. The van der Waals surface area contributed by atoms with E-state index < -0.39 is 0 Å². The summed E-state index contributed by atoms with van der Waals surface area (Å²) in [6.45, 7) is 2.32. The molecule has 3 nitrogen and oxygen atoms in total. The van der Waals surface area contributed by atoms with E-state index in [0.717, 1.165) is 19.5 Å². The van der Waals surface area contributed by atoms with Crippen molar-refractivity contribution in [2.24, 2.45) is 0 Å². The number of likely N-dealkylation sites (N-methyl/N-ethyl adjacent to an activating group) is 1. The number of carbonyl (C=O) groups is 1. The maximum absolute atomic E-state index is 13.5. The average Bonchev–Trinajstić information content (AvgIpc) is 2.41. The van der Waals surface area contributed by atoms with Crippen molar-refractivity contribution < 1.29 is 9.18 Å². The first kappa shape index (κ1) is 15.1.